The van der Waals surface area contributed by atoms with Gasteiger partial charge in [0.15, 0.2) is 0 Å². The molecule has 0 atom stereocenters. The van der Waals surface area contributed by atoms with E-state index in [1.807, 2.05) is 13.1 Å². The van der Waals surface area contributed by atoms with Gasteiger partial charge in [-0.1, -0.05) is 25.4 Å². The number of nitriles is 1. The van der Waals surface area contributed by atoms with E-state index in [4.69, 9.17) is 16.9 Å². The van der Waals surface area contributed by atoms with Gasteiger partial charge in [0.25, 0.3) is 0 Å². The van der Waals surface area contributed by atoms with Crippen LogP contribution in [0.25, 0.3) is 0 Å². The average Bonchev–Trinajstić information content (AvgIpc) is 2.84. The molecule has 2 aromatic heterocycles. The molecule has 0 fully saturated rings. The summed E-state index contributed by atoms with van der Waals surface area (Å²) in [7, 11) is 0. The molecule has 5 heteroatoms. The van der Waals surface area contributed by atoms with E-state index in [-0.39, 0.29) is 0 Å². The molecule has 0 radical (unpaired) electrons. The monoisotopic (exact) mass is 262 g/mol. The van der Waals surface area contributed by atoms with Gasteiger partial charge in [-0.2, -0.15) is 10.4 Å². The van der Waals surface area contributed by atoms with Crippen LogP contribution in [0.3, 0.4) is 0 Å². The summed E-state index contributed by atoms with van der Waals surface area (Å²) in [6.45, 7) is 6.83. The fraction of sp³-hybridized carbons (Fsp3) is 0.385. The Kier molecular flexibility index (Phi) is 3.44. The standard InChI is InChI=1S/C13H15ClN4/c1-8(2)13-9(3)10(4-15)6-18(13)7-12-11(14)5-16-17-12/h5-6,8H,7H2,1-3H3,(H,16,17). The van der Waals surface area contributed by atoms with Crippen LogP contribution in [0, 0.1) is 18.3 Å². The van der Waals surface area contributed by atoms with Crippen LogP contribution in [-0.4, -0.2) is 14.8 Å². The number of aromatic amines is 1. The SMILES string of the molecule is Cc1c(C#N)cn(Cc2[nH]ncc2Cl)c1C(C)C. The van der Waals surface area contributed by atoms with Gasteiger partial charge in [0.05, 0.1) is 29.0 Å². The van der Waals surface area contributed by atoms with Crippen molar-refractivity contribution in [2.45, 2.75) is 33.2 Å². The van der Waals surface area contributed by atoms with Crippen molar-refractivity contribution in [1.29, 1.82) is 5.26 Å². The summed E-state index contributed by atoms with van der Waals surface area (Å²) < 4.78 is 2.07. The highest BCUT2D eigenvalue weighted by Gasteiger charge is 2.16. The second-order valence-electron chi connectivity index (χ2n) is 4.64. The van der Waals surface area contributed by atoms with Gasteiger partial charge >= 0.3 is 0 Å². The maximum absolute atomic E-state index is 9.11. The first-order valence-corrected chi connectivity index (χ1v) is 6.19. The zero-order valence-electron chi connectivity index (χ0n) is 10.7. The molecule has 0 bridgehead atoms. The third kappa shape index (κ3) is 2.14. The Morgan fingerprint density at radius 2 is 2.28 bits per heavy atom. The van der Waals surface area contributed by atoms with Crippen molar-refractivity contribution in [1.82, 2.24) is 14.8 Å². The lowest BCUT2D eigenvalue weighted by Gasteiger charge is -2.12. The van der Waals surface area contributed by atoms with Gasteiger partial charge in [-0.15, -0.1) is 0 Å². The van der Waals surface area contributed by atoms with E-state index in [9.17, 15) is 0 Å². The number of nitrogens with zero attached hydrogens (tertiary/aromatic N) is 3. The molecular formula is C13H15ClN4. The summed E-state index contributed by atoms with van der Waals surface area (Å²) in [6, 6.07) is 2.23. The number of rotatable bonds is 3. The quantitative estimate of drug-likeness (QED) is 0.923. The molecule has 0 saturated carbocycles. The number of H-pyrrole nitrogens is 1. The van der Waals surface area contributed by atoms with E-state index in [0.717, 1.165) is 17.0 Å². The van der Waals surface area contributed by atoms with E-state index in [2.05, 4.69) is 34.7 Å². The van der Waals surface area contributed by atoms with Crippen LogP contribution in [0.4, 0.5) is 0 Å². The van der Waals surface area contributed by atoms with Crippen LogP contribution in [0.1, 0.15) is 42.3 Å². The second kappa shape index (κ2) is 4.87. The molecule has 1 N–H and O–H groups in total. The molecule has 2 rings (SSSR count). The molecule has 0 saturated heterocycles. The predicted octanol–water partition coefficient (Wildman–Crippen LogP) is 3.22. The lowest BCUT2D eigenvalue weighted by Crippen LogP contribution is -2.06. The first-order valence-electron chi connectivity index (χ1n) is 5.82. The van der Waals surface area contributed by atoms with Crippen LogP contribution < -0.4 is 0 Å². The molecule has 0 amide bonds. The Morgan fingerprint density at radius 1 is 1.56 bits per heavy atom. The largest absolute Gasteiger partial charge is 0.344 e. The lowest BCUT2D eigenvalue weighted by molar-refractivity contribution is 0.676. The second-order valence-corrected chi connectivity index (χ2v) is 5.05. The number of hydrogen-bond donors (Lipinski definition) is 1. The normalized spacial score (nSPS) is 10.9. The predicted molar refractivity (Wildman–Crippen MR) is 70.7 cm³/mol. The molecule has 2 heterocycles. The van der Waals surface area contributed by atoms with E-state index in [0.29, 0.717) is 23.0 Å². The fourth-order valence-corrected chi connectivity index (χ4v) is 2.41. The third-order valence-electron chi connectivity index (χ3n) is 3.04. The maximum atomic E-state index is 9.11. The van der Waals surface area contributed by atoms with Crippen molar-refractivity contribution < 1.29 is 0 Å². The van der Waals surface area contributed by atoms with E-state index in [1.54, 1.807) is 6.20 Å². The Labute approximate surface area is 111 Å². The molecule has 0 aliphatic rings. The minimum absolute atomic E-state index is 0.355. The minimum atomic E-state index is 0.355. The molecule has 4 nitrogen and oxygen atoms in total. The van der Waals surface area contributed by atoms with Crippen LogP contribution in [0.5, 0.6) is 0 Å². The van der Waals surface area contributed by atoms with Gasteiger partial charge in [0.1, 0.15) is 6.07 Å². The average molecular weight is 263 g/mol. The maximum Gasteiger partial charge on any atom is 0.101 e. The fourth-order valence-electron chi connectivity index (χ4n) is 2.26. The van der Waals surface area contributed by atoms with Gasteiger partial charge < -0.3 is 4.57 Å². The summed E-state index contributed by atoms with van der Waals surface area (Å²) in [4.78, 5) is 0. The molecule has 0 aliphatic carbocycles. The Bertz CT molecular complexity index is 601. The summed E-state index contributed by atoms with van der Waals surface area (Å²) in [6.07, 6.45) is 3.47. The Balaban J connectivity index is 2.45. The van der Waals surface area contributed by atoms with Gasteiger partial charge in [0, 0.05) is 11.9 Å². The Hall–Kier alpha value is -1.73. The summed E-state index contributed by atoms with van der Waals surface area (Å²) in [5.41, 5.74) is 3.78. The molecule has 0 spiro atoms. The van der Waals surface area contributed by atoms with E-state index in [1.165, 1.54) is 0 Å². The van der Waals surface area contributed by atoms with Gasteiger partial charge in [0.2, 0.25) is 0 Å². The highest BCUT2D eigenvalue weighted by atomic mass is 35.5. The van der Waals surface area contributed by atoms with Crippen molar-refractivity contribution in [3.63, 3.8) is 0 Å². The number of halogens is 1. The van der Waals surface area contributed by atoms with Gasteiger partial charge in [-0.25, -0.2) is 0 Å². The number of aromatic nitrogens is 3. The third-order valence-corrected chi connectivity index (χ3v) is 3.37. The molecule has 0 aliphatic heterocycles. The Morgan fingerprint density at radius 3 is 2.78 bits per heavy atom. The summed E-state index contributed by atoms with van der Waals surface area (Å²) >= 11 is 6.03. The topological polar surface area (TPSA) is 57.4 Å². The lowest BCUT2D eigenvalue weighted by atomic mass is 10.0. The van der Waals surface area contributed by atoms with Crippen molar-refractivity contribution in [3.05, 3.63) is 39.9 Å². The first-order chi connectivity index (χ1) is 8.54. The van der Waals surface area contributed by atoms with Crippen LogP contribution >= 0.6 is 11.6 Å². The summed E-state index contributed by atoms with van der Waals surface area (Å²) in [5, 5.41) is 16.5. The van der Waals surface area contributed by atoms with Crippen molar-refractivity contribution >= 4 is 11.6 Å². The van der Waals surface area contributed by atoms with Crippen molar-refractivity contribution in [2.75, 3.05) is 0 Å². The van der Waals surface area contributed by atoms with Crippen molar-refractivity contribution in [3.8, 4) is 6.07 Å². The van der Waals surface area contributed by atoms with Gasteiger partial charge in [-0.3, -0.25) is 5.10 Å². The zero-order chi connectivity index (χ0) is 13.3. The molecule has 0 unspecified atom stereocenters. The number of nitrogens with one attached hydrogen (secondary N) is 1. The molecular weight excluding hydrogens is 248 g/mol. The number of hydrogen-bond acceptors (Lipinski definition) is 2. The highest BCUT2D eigenvalue weighted by Crippen LogP contribution is 2.25. The molecule has 94 valence electrons. The first kappa shape index (κ1) is 12.7. The molecule has 0 aromatic carbocycles. The molecule has 2 aromatic rings. The van der Waals surface area contributed by atoms with E-state index >= 15 is 0 Å². The van der Waals surface area contributed by atoms with Gasteiger partial charge in [-0.05, 0) is 18.4 Å². The zero-order valence-corrected chi connectivity index (χ0v) is 11.4. The van der Waals surface area contributed by atoms with Crippen molar-refractivity contribution in [2.24, 2.45) is 0 Å². The minimum Gasteiger partial charge on any atom is -0.344 e. The smallest absolute Gasteiger partial charge is 0.101 e. The van der Waals surface area contributed by atoms with Crippen LogP contribution in [-0.2, 0) is 6.54 Å². The van der Waals surface area contributed by atoms with Crippen LogP contribution in [0.2, 0.25) is 5.02 Å². The summed E-state index contributed by atoms with van der Waals surface area (Å²) in [5.74, 6) is 0.355. The highest BCUT2D eigenvalue weighted by molar-refractivity contribution is 6.31. The van der Waals surface area contributed by atoms with E-state index < -0.39 is 0 Å². The van der Waals surface area contributed by atoms with Crippen LogP contribution in [0.15, 0.2) is 12.4 Å². The molecule has 18 heavy (non-hydrogen) atoms.